The van der Waals surface area contributed by atoms with E-state index in [4.69, 9.17) is 4.74 Å². The van der Waals surface area contributed by atoms with Crippen LogP contribution in [0.2, 0.25) is 0 Å². The lowest BCUT2D eigenvalue weighted by Crippen LogP contribution is -2.59. The maximum absolute atomic E-state index is 12.1. The molecule has 1 aliphatic heterocycles. The molecule has 22 heavy (non-hydrogen) atoms. The summed E-state index contributed by atoms with van der Waals surface area (Å²) in [7, 11) is 0. The molecule has 0 aromatic heterocycles. The SMILES string of the molecule is CC(C)(C)OC(=O)NC1CCC(O)CC1N1CCCC1(C)C. The Labute approximate surface area is 134 Å². The van der Waals surface area contributed by atoms with Gasteiger partial charge in [0.05, 0.1) is 6.10 Å². The Morgan fingerprint density at radius 2 is 2.00 bits per heavy atom. The Bertz CT molecular complexity index is 403. The van der Waals surface area contributed by atoms with Crippen molar-refractivity contribution in [2.24, 2.45) is 0 Å². The predicted octanol–water partition coefficient (Wildman–Crippen LogP) is 2.67. The average molecular weight is 312 g/mol. The van der Waals surface area contributed by atoms with Gasteiger partial charge in [0.2, 0.25) is 0 Å². The molecule has 0 aromatic carbocycles. The van der Waals surface area contributed by atoms with Crippen LogP contribution >= 0.6 is 0 Å². The van der Waals surface area contributed by atoms with E-state index >= 15 is 0 Å². The molecule has 128 valence electrons. The van der Waals surface area contributed by atoms with Gasteiger partial charge in [-0.15, -0.1) is 0 Å². The molecule has 3 atom stereocenters. The van der Waals surface area contributed by atoms with E-state index in [0.29, 0.717) is 0 Å². The number of alkyl carbamates (subject to hydrolysis) is 1. The molecule has 5 heteroatoms. The van der Waals surface area contributed by atoms with Gasteiger partial charge in [0.25, 0.3) is 0 Å². The molecule has 5 nitrogen and oxygen atoms in total. The van der Waals surface area contributed by atoms with Gasteiger partial charge in [-0.3, -0.25) is 4.90 Å². The first-order valence-electron chi connectivity index (χ1n) is 8.53. The summed E-state index contributed by atoms with van der Waals surface area (Å²) >= 11 is 0. The highest BCUT2D eigenvalue weighted by atomic mass is 16.6. The van der Waals surface area contributed by atoms with Crippen LogP contribution in [0.25, 0.3) is 0 Å². The van der Waals surface area contributed by atoms with Gasteiger partial charge in [-0.1, -0.05) is 0 Å². The lowest BCUT2D eigenvalue weighted by molar-refractivity contribution is 0.00480. The Morgan fingerprint density at radius 1 is 1.32 bits per heavy atom. The maximum Gasteiger partial charge on any atom is 0.407 e. The van der Waals surface area contributed by atoms with Crippen LogP contribution in [0.1, 0.15) is 66.7 Å². The molecule has 1 saturated carbocycles. The molecule has 2 fully saturated rings. The predicted molar refractivity (Wildman–Crippen MR) is 86.8 cm³/mol. The van der Waals surface area contributed by atoms with Crippen molar-refractivity contribution in [3.8, 4) is 0 Å². The highest BCUT2D eigenvalue weighted by molar-refractivity contribution is 5.68. The van der Waals surface area contributed by atoms with Crippen molar-refractivity contribution in [2.45, 2.75) is 96.1 Å². The van der Waals surface area contributed by atoms with Crippen molar-refractivity contribution in [1.29, 1.82) is 0 Å². The Morgan fingerprint density at radius 3 is 2.55 bits per heavy atom. The second-order valence-corrected chi connectivity index (χ2v) is 8.40. The zero-order valence-electron chi connectivity index (χ0n) is 14.7. The minimum absolute atomic E-state index is 0.0515. The van der Waals surface area contributed by atoms with Crippen molar-refractivity contribution in [3.63, 3.8) is 0 Å². The molecule has 1 aliphatic carbocycles. The number of hydrogen-bond acceptors (Lipinski definition) is 4. The zero-order valence-corrected chi connectivity index (χ0v) is 14.7. The summed E-state index contributed by atoms with van der Waals surface area (Å²) in [4.78, 5) is 14.6. The molecule has 0 aromatic rings. The number of aliphatic hydroxyl groups is 1. The fourth-order valence-corrected chi connectivity index (χ4v) is 3.84. The van der Waals surface area contributed by atoms with Crippen LogP contribution < -0.4 is 5.32 Å². The van der Waals surface area contributed by atoms with Crippen molar-refractivity contribution in [2.75, 3.05) is 6.54 Å². The quantitative estimate of drug-likeness (QED) is 0.823. The maximum atomic E-state index is 12.1. The number of amides is 1. The second-order valence-electron chi connectivity index (χ2n) is 8.40. The van der Waals surface area contributed by atoms with Crippen LogP contribution in [-0.2, 0) is 4.74 Å². The minimum atomic E-state index is -0.485. The lowest BCUT2D eigenvalue weighted by atomic mass is 9.85. The number of rotatable bonds is 2. The van der Waals surface area contributed by atoms with Gasteiger partial charge in [-0.2, -0.15) is 0 Å². The first-order valence-corrected chi connectivity index (χ1v) is 8.53. The third kappa shape index (κ3) is 4.35. The van der Waals surface area contributed by atoms with Crippen LogP contribution in [0.4, 0.5) is 4.79 Å². The van der Waals surface area contributed by atoms with Crippen LogP contribution in [0.5, 0.6) is 0 Å². The third-order valence-electron chi connectivity index (χ3n) is 4.86. The van der Waals surface area contributed by atoms with Crippen LogP contribution in [0.3, 0.4) is 0 Å². The third-order valence-corrected chi connectivity index (χ3v) is 4.86. The first-order chi connectivity index (χ1) is 10.1. The van der Waals surface area contributed by atoms with E-state index in [-0.39, 0.29) is 29.8 Å². The van der Waals surface area contributed by atoms with Gasteiger partial charge in [0.15, 0.2) is 0 Å². The fourth-order valence-electron chi connectivity index (χ4n) is 3.84. The smallest absolute Gasteiger partial charge is 0.407 e. The van der Waals surface area contributed by atoms with Gasteiger partial charge in [-0.05, 0) is 73.3 Å². The molecular formula is C17H32N2O3. The molecule has 2 aliphatic rings. The molecule has 0 radical (unpaired) electrons. The van der Waals surface area contributed by atoms with Crippen molar-refractivity contribution < 1.29 is 14.6 Å². The van der Waals surface area contributed by atoms with E-state index in [0.717, 1.165) is 25.8 Å². The van der Waals surface area contributed by atoms with Gasteiger partial charge in [0.1, 0.15) is 5.60 Å². The lowest BCUT2D eigenvalue weighted by Gasteiger charge is -2.45. The van der Waals surface area contributed by atoms with Crippen molar-refractivity contribution in [3.05, 3.63) is 0 Å². The second kappa shape index (κ2) is 6.36. The van der Waals surface area contributed by atoms with Gasteiger partial charge < -0.3 is 15.2 Å². The van der Waals surface area contributed by atoms with E-state index in [1.54, 1.807) is 0 Å². The van der Waals surface area contributed by atoms with Crippen LogP contribution in [0, 0.1) is 0 Å². The molecule has 1 amide bonds. The normalized spacial score (nSPS) is 32.7. The number of nitrogens with zero attached hydrogens (tertiary/aromatic N) is 1. The molecule has 0 bridgehead atoms. The average Bonchev–Trinajstić information content (AvgIpc) is 2.69. The summed E-state index contributed by atoms with van der Waals surface area (Å²) < 4.78 is 5.40. The molecule has 1 heterocycles. The molecular weight excluding hydrogens is 280 g/mol. The summed E-state index contributed by atoms with van der Waals surface area (Å²) in [6, 6.07) is 0.240. The number of ether oxygens (including phenoxy) is 1. The Hall–Kier alpha value is -0.810. The van der Waals surface area contributed by atoms with E-state index in [1.807, 2.05) is 20.8 Å². The number of carbonyl (C=O) groups is 1. The number of hydrogen-bond donors (Lipinski definition) is 2. The van der Waals surface area contributed by atoms with E-state index < -0.39 is 5.60 Å². The number of aliphatic hydroxyl groups excluding tert-OH is 1. The van der Waals surface area contributed by atoms with Crippen molar-refractivity contribution in [1.82, 2.24) is 10.2 Å². The van der Waals surface area contributed by atoms with E-state index in [9.17, 15) is 9.90 Å². The summed E-state index contributed by atoms with van der Waals surface area (Å²) in [5, 5.41) is 13.1. The number of likely N-dealkylation sites (tertiary alicyclic amines) is 1. The van der Waals surface area contributed by atoms with E-state index in [2.05, 4.69) is 24.1 Å². The minimum Gasteiger partial charge on any atom is -0.444 e. The summed E-state index contributed by atoms with van der Waals surface area (Å²) in [5.74, 6) is 0. The molecule has 2 N–H and O–H groups in total. The largest absolute Gasteiger partial charge is 0.444 e. The standard InChI is InChI=1S/C17H32N2O3/c1-16(2,3)22-15(21)18-13-8-7-12(20)11-14(13)19-10-6-9-17(19,4)5/h12-14,20H,6-11H2,1-5H3,(H,18,21). The first kappa shape index (κ1) is 17.5. The summed E-state index contributed by atoms with van der Waals surface area (Å²) in [6.45, 7) is 11.2. The van der Waals surface area contributed by atoms with Gasteiger partial charge >= 0.3 is 6.09 Å². The fraction of sp³-hybridized carbons (Fsp3) is 0.941. The Kier molecular flexibility index (Phi) is 5.07. The number of carbonyl (C=O) groups excluding carboxylic acids is 1. The topological polar surface area (TPSA) is 61.8 Å². The van der Waals surface area contributed by atoms with Crippen molar-refractivity contribution >= 4 is 6.09 Å². The Balaban J connectivity index is 2.05. The van der Waals surface area contributed by atoms with Crippen LogP contribution in [0.15, 0.2) is 0 Å². The van der Waals surface area contributed by atoms with Gasteiger partial charge in [-0.25, -0.2) is 4.79 Å². The molecule has 1 saturated heterocycles. The number of nitrogens with one attached hydrogen (secondary N) is 1. The van der Waals surface area contributed by atoms with E-state index in [1.165, 1.54) is 12.8 Å². The summed E-state index contributed by atoms with van der Waals surface area (Å²) in [5.41, 5.74) is -0.351. The highest BCUT2D eigenvalue weighted by Gasteiger charge is 2.43. The molecule has 2 rings (SSSR count). The van der Waals surface area contributed by atoms with Crippen LogP contribution in [-0.4, -0.2) is 52.0 Å². The molecule has 0 spiro atoms. The molecule has 3 unspecified atom stereocenters. The monoisotopic (exact) mass is 312 g/mol. The summed E-state index contributed by atoms with van der Waals surface area (Å²) in [6.07, 6.45) is 4.00. The zero-order chi connectivity index (χ0) is 16.5. The van der Waals surface area contributed by atoms with Gasteiger partial charge in [0, 0.05) is 17.6 Å². The highest BCUT2D eigenvalue weighted by Crippen LogP contribution is 2.35.